The monoisotopic (exact) mass is 655 g/mol. The van der Waals surface area contributed by atoms with Gasteiger partial charge in [-0.3, -0.25) is 19.7 Å². The number of hydrogen-bond donors (Lipinski definition) is 2. The van der Waals surface area contributed by atoms with Crippen LogP contribution in [0.25, 0.3) is 5.69 Å². The van der Waals surface area contributed by atoms with E-state index in [-0.39, 0.29) is 28.7 Å². The third kappa shape index (κ3) is 8.05. The van der Waals surface area contributed by atoms with Crippen molar-refractivity contribution < 1.29 is 28.4 Å². The van der Waals surface area contributed by atoms with E-state index in [1.807, 2.05) is 57.2 Å². The molecule has 5 rings (SSSR count). The molecule has 5 aromatic rings. The number of carbonyl (C=O) groups is 2. The number of rotatable bonds is 12. The van der Waals surface area contributed by atoms with Gasteiger partial charge < -0.3 is 23.8 Å². The van der Waals surface area contributed by atoms with Crippen molar-refractivity contribution in [2.45, 2.75) is 27.4 Å². The lowest BCUT2D eigenvalue weighted by Gasteiger charge is -2.11. The summed E-state index contributed by atoms with van der Waals surface area (Å²) in [7, 11) is 0. The van der Waals surface area contributed by atoms with E-state index in [4.69, 9.17) is 25.5 Å². The topological polar surface area (TPSA) is 150 Å². The second-order valence-electron chi connectivity index (χ2n) is 10.5. The number of benzene rings is 3. The van der Waals surface area contributed by atoms with Crippen LogP contribution in [0.5, 0.6) is 11.5 Å². The van der Waals surface area contributed by atoms with Crippen LogP contribution in [0, 0.1) is 30.9 Å². The zero-order chi connectivity index (χ0) is 33.5. The molecule has 2 heterocycles. The number of amides is 2. The van der Waals surface area contributed by atoms with Crippen LogP contribution in [0.1, 0.15) is 38.8 Å². The number of nitrogens with one attached hydrogen (secondary N) is 2. The van der Waals surface area contributed by atoms with E-state index in [2.05, 4.69) is 32.5 Å². The van der Waals surface area contributed by atoms with Crippen molar-refractivity contribution >= 4 is 41.0 Å². The van der Waals surface area contributed by atoms with Gasteiger partial charge in [-0.15, -0.1) is 0 Å². The van der Waals surface area contributed by atoms with Crippen LogP contribution < -0.4 is 20.2 Å². The molecule has 12 nitrogen and oxygen atoms in total. The molecule has 0 aliphatic rings. The summed E-state index contributed by atoms with van der Waals surface area (Å²) < 4.78 is 18.9. The SMILES string of the molecule is Cc1ccccc1NC(=O)COc1c(Cl)cc(/C=N/NC(=O)c2ccc(COc3ccc(-n4c(C)ccc4C)cc3)o2)cc1[N+](=O)[O-]. The molecule has 0 saturated carbocycles. The van der Waals surface area contributed by atoms with Crippen molar-refractivity contribution in [3.05, 3.63) is 134 Å². The van der Waals surface area contributed by atoms with Gasteiger partial charge in [-0.25, -0.2) is 5.43 Å². The Morgan fingerprint density at radius 2 is 1.70 bits per heavy atom. The van der Waals surface area contributed by atoms with E-state index in [0.717, 1.165) is 28.7 Å². The molecular formula is C34H30ClN5O7. The average Bonchev–Trinajstić information content (AvgIpc) is 3.66. The van der Waals surface area contributed by atoms with E-state index >= 15 is 0 Å². The maximum atomic E-state index is 12.6. The van der Waals surface area contributed by atoms with Gasteiger partial charge in [-0.05, 0) is 87.0 Å². The van der Waals surface area contributed by atoms with Crippen molar-refractivity contribution in [3.63, 3.8) is 0 Å². The summed E-state index contributed by atoms with van der Waals surface area (Å²) in [4.78, 5) is 36.0. The Balaban J connectivity index is 1.15. The molecule has 13 heteroatoms. The van der Waals surface area contributed by atoms with Gasteiger partial charge in [0.2, 0.25) is 5.75 Å². The number of carbonyl (C=O) groups excluding carboxylic acids is 2. The van der Waals surface area contributed by atoms with Crippen molar-refractivity contribution in [1.82, 2.24) is 9.99 Å². The molecule has 0 atom stereocenters. The third-order valence-electron chi connectivity index (χ3n) is 7.02. The summed E-state index contributed by atoms with van der Waals surface area (Å²) in [5, 5.41) is 18.2. The number of nitro groups is 1. The molecule has 240 valence electrons. The quantitative estimate of drug-likeness (QED) is 0.0841. The van der Waals surface area contributed by atoms with Crippen LogP contribution in [0.3, 0.4) is 0 Å². The van der Waals surface area contributed by atoms with E-state index in [9.17, 15) is 19.7 Å². The van der Waals surface area contributed by atoms with Crippen molar-refractivity contribution in [2.24, 2.45) is 5.10 Å². The average molecular weight is 656 g/mol. The maximum Gasteiger partial charge on any atom is 0.313 e. The molecule has 2 N–H and O–H groups in total. The lowest BCUT2D eigenvalue weighted by molar-refractivity contribution is -0.385. The van der Waals surface area contributed by atoms with Gasteiger partial charge in [0.25, 0.3) is 5.91 Å². The van der Waals surface area contributed by atoms with E-state index in [1.54, 1.807) is 18.2 Å². The molecule has 0 aliphatic heterocycles. The molecule has 0 radical (unpaired) electrons. The highest BCUT2D eigenvalue weighted by atomic mass is 35.5. The Bertz CT molecular complexity index is 1940. The van der Waals surface area contributed by atoms with E-state index < -0.39 is 29.0 Å². The van der Waals surface area contributed by atoms with E-state index in [0.29, 0.717) is 17.2 Å². The zero-order valence-electron chi connectivity index (χ0n) is 25.7. The largest absolute Gasteiger partial charge is 0.486 e. The Morgan fingerprint density at radius 3 is 2.40 bits per heavy atom. The highest BCUT2D eigenvalue weighted by molar-refractivity contribution is 6.32. The van der Waals surface area contributed by atoms with Gasteiger partial charge >= 0.3 is 11.6 Å². The van der Waals surface area contributed by atoms with Crippen LogP contribution >= 0.6 is 11.6 Å². The number of halogens is 1. The van der Waals surface area contributed by atoms with Crippen molar-refractivity contribution in [1.29, 1.82) is 0 Å². The van der Waals surface area contributed by atoms with Gasteiger partial charge in [0.05, 0.1) is 16.2 Å². The number of aryl methyl sites for hydroxylation is 3. The minimum atomic E-state index is -0.693. The number of nitrogens with zero attached hydrogens (tertiary/aromatic N) is 3. The Hall–Kier alpha value is -5.88. The fourth-order valence-corrected chi connectivity index (χ4v) is 4.99. The first kappa shape index (κ1) is 32.5. The number of ether oxygens (including phenoxy) is 2. The molecule has 2 amide bonds. The minimum absolute atomic E-state index is 0.00797. The maximum absolute atomic E-state index is 12.6. The lowest BCUT2D eigenvalue weighted by Crippen LogP contribution is -2.21. The van der Waals surface area contributed by atoms with Crippen LogP contribution in [0.15, 0.2) is 94.4 Å². The first-order valence-corrected chi connectivity index (χ1v) is 14.7. The smallest absolute Gasteiger partial charge is 0.313 e. The second kappa shape index (κ2) is 14.5. The standard InChI is InChI=1S/C34H30ClN5O7/c1-21-6-4-5-7-29(21)37-32(41)20-46-33-28(35)16-24(17-30(33)40(43)44)18-36-38-34(42)31-15-14-27(47-31)19-45-26-12-10-25(11-13-26)39-22(2)8-9-23(39)3/h4-18H,19-20H2,1-3H3,(H,37,41)(H,38,42)/b36-18+. The number of aromatic nitrogens is 1. The number of anilines is 1. The fraction of sp³-hybridized carbons (Fsp3) is 0.147. The molecule has 0 spiro atoms. The summed E-state index contributed by atoms with van der Waals surface area (Å²) in [6.07, 6.45) is 1.18. The number of hydrazone groups is 1. The molecule has 0 fully saturated rings. The predicted molar refractivity (Wildman–Crippen MR) is 177 cm³/mol. The second-order valence-corrected chi connectivity index (χ2v) is 10.9. The third-order valence-corrected chi connectivity index (χ3v) is 7.30. The first-order chi connectivity index (χ1) is 22.6. The molecule has 0 aliphatic carbocycles. The van der Waals surface area contributed by atoms with Gasteiger partial charge in [0.1, 0.15) is 18.1 Å². The molecular weight excluding hydrogens is 626 g/mol. The summed E-state index contributed by atoms with van der Waals surface area (Å²) in [5.41, 5.74) is 6.76. The number of furan rings is 1. The predicted octanol–water partition coefficient (Wildman–Crippen LogP) is 6.92. The summed E-state index contributed by atoms with van der Waals surface area (Å²) in [6, 6.07) is 24.5. The number of para-hydroxylation sites is 1. The molecule has 2 aromatic heterocycles. The minimum Gasteiger partial charge on any atom is -0.486 e. The molecule has 3 aromatic carbocycles. The first-order valence-electron chi connectivity index (χ1n) is 14.4. The highest BCUT2D eigenvalue weighted by Crippen LogP contribution is 2.36. The fourth-order valence-electron chi connectivity index (χ4n) is 4.71. The van der Waals surface area contributed by atoms with Crippen LogP contribution in [0.2, 0.25) is 5.02 Å². The van der Waals surface area contributed by atoms with Crippen molar-refractivity contribution in [2.75, 3.05) is 11.9 Å². The van der Waals surface area contributed by atoms with Gasteiger partial charge in [0, 0.05) is 34.4 Å². The summed E-state index contributed by atoms with van der Waals surface area (Å²) in [5.74, 6) is -0.382. The molecule has 0 saturated heterocycles. The van der Waals surface area contributed by atoms with Crippen LogP contribution in [-0.4, -0.2) is 34.1 Å². The van der Waals surface area contributed by atoms with E-state index in [1.165, 1.54) is 18.3 Å². The molecule has 0 bridgehead atoms. The normalized spacial score (nSPS) is 11.0. The van der Waals surface area contributed by atoms with Crippen LogP contribution in [0.4, 0.5) is 11.4 Å². The lowest BCUT2D eigenvalue weighted by atomic mass is 10.2. The Morgan fingerprint density at radius 1 is 0.979 bits per heavy atom. The summed E-state index contributed by atoms with van der Waals surface area (Å²) in [6.45, 7) is 5.51. The van der Waals surface area contributed by atoms with Crippen molar-refractivity contribution in [3.8, 4) is 17.2 Å². The summed E-state index contributed by atoms with van der Waals surface area (Å²) >= 11 is 6.27. The van der Waals surface area contributed by atoms with Gasteiger partial charge in [-0.1, -0.05) is 29.8 Å². The van der Waals surface area contributed by atoms with Crippen LogP contribution in [-0.2, 0) is 11.4 Å². The Labute approximate surface area is 274 Å². The molecule has 0 unspecified atom stereocenters. The highest BCUT2D eigenvalue weighted by Gasteiger charge is 2.22. The number of nitro benzene ring substituents is 1. The zero-order valence-corrected chi connectivity index (χ0v) is 26.4. The van der Waals surface area contributed by atoms with Gasteiger partial charge in [-0.2, -0.15) is 5.10 Å². The Kier molecular flexibility index (Phi) is 10.0. The van der Waals surface area contributed by atoms with Gasteiger partial charge in [0.15, 0.2) is 12.4 Å². The molecule has 47 heavy (non-hydrogen) atoms. The number of hydrogen-bond acceptors (Lipinski definition) is 8.